The summed E-state index contributed by atoms with van der Waals surface area (Å²) < 4.78 is 5.44. The molecule has 0 aromatic rings. The van der Waals surface area contributed by atoms with Crippen molar-refractivity contribution < 1.29 is 9.53 Å². The first kappa shape index (κ1) is 11.5. The van der Waals surface area contributed by atoms with Gasteiger partial charge < -0.3 is 9.64 Å². The Morgan fingerprint density at radius 3 is 2.86 bits per heavy atom. The van der Waals surface area contributed by atoms with Crippen LogP contribution in [-0.2, 0) is 9.53 Å². The van der Waals surface area contributed by atoms with Crippen LogP contribution in [-0.4, -0.2) is 62.1 Å². The second-order valence-corrected chi connectivity index (χ2v) is 3.89. The molecule has 1 atom stereocenters. The van der Waals surface area contributed by atoms with Crippen molar-refractivity contribution in [3.63, 3.8) is 0 Å². The highest BCUT2D eigenvalue weighted by atomic mass is 16.5. The zero-order chi connectivity index (χ0) is 10.6. The van der Waals surface area contributed by atoms with Gasteiger partial charge in [-0.3, -0.25) is 9.69 Å². The first-order chi connectivity index (χ1) is 6.65. The molecule has 4 heteroatoms. The number of amides is 1. The highest BCUT2D eigenvalue weighted by Gasteiger charge is 2.26. The van der Waals surface area contributed by atoms with Crippen molar-refractivity contribution >= 4 is 5.91 Å². The van der Waals surface area contributed by atoms with Gasteiger partial charge in [0, 0.05) is 27.2 Å². The third kappa shape index (κ3) is 2.96. The minimum absolute atomic E-state index is 0.0748. The van der Waals surface area contributed by atoms with Crippen LogP contribution in [0, 0.1) is 0 Å². The maximum Gasteiger partial charge on any atom is 0.252 e. The molecule has 0 aliphatic carbocycles. The minimum Gasteiger partial charge on any atom is -0.366 e. The lowest BCUT2D eigenvalue weighted by Gasteiger charge is -2.32. The fourth-order valence-electron chi connectivity index (χ4n) is 1.66. The molecule has 1 amide bonds. The molecule has 1 heterocycles. The summed E-state index contributed by atoms with van der Waals surface area (Å²) in [6.45, 7) is 5.57. The van der Waals surface area contributed by atoms with Crippen LogP contribution >= 0.6 is 0 Å². The second kappa shape index (κ2) is 5.32. The average Bonchev–Trinajstić information content (AvgIpc) is 2.17. The van der Waals surface area contributed by atoms with Crippen LogP contribution in [0.2, 0.25) is 0 Å². The lowest BCUT2D eigenvalue weighted by Crippen LogP contribution is -2.49. The van der Waals surface area contributed by atoms with E-state index < -0.39 is 0 Å². The molecule has 0 bridgehead atoms. The Labute approximate surface area is 85.8 Å². The van der Waals surface area contributed by atoms with Crippen LogP contribution in [0.4, 0.5) is 0 Å². The van der Waals surface area contributed by atoms with Gasteiger partial charge in [0.1, 0.15) is 6.10 Å². The van der Waals surface area contributed by atoms with Crippen LogP contribution in [0.25, 0.3) is 0 Å². The van der Waals surface area contributed by atoms with E-state index in [1.807, 2.05) is 0 Å². The van der Waals surface area contributed by atoms with Gasteiger partial charge in [0.05, 0.1) is 6.61 Å². The molecule has 0 radical (unpaired) electrons. The van der Waals surface area contributed by atoms with Gasteiger partial charge in [0.25, 0.3) is 5.91 Å². The summed E-state index contributed by atoms with van der Waals surface area (Å²) in [5, 5.41) is 0. The molecule has 1 aliphatic rings. The number of carbonyl (C=O) groups excluding carboxylic acids is 1. The largest absolute Gasteiger partial charge is 0.366 e. The maximum atomic E-state index is 11.6. The van der Waals surface area contributed by atoms with E-state index in [2.05, 4.69) is 11.8 Å². The highest BCUT2D eigenvalue weighted by Crippen LogP contribution is 2.07. The lowest BCUT2D eigenvalue weighted by molar-refractivity contribution is -0.146. The average molecular weight is 200 g/mol. The van der Waals surface area contributed by atoms with Gasteiger partial charge in [-0.25, -0.2) is 0 Å². The number of morpholine rings is 1. The molecule has 82 valence electrons. The van der Waals surface area contributed by atoms with E-state index in [1.54, 1.807) is 19.0 Å². The predicted molar refractivity (Wildman–Crippen MR) is 55.2 cm³/mol. The second-order valence-electron chi connectivity index (χ2n) is 3.89. The normalized spacial score (nSPS) is 23.5. The van der Waals surface area contributed by atoms with Crippen molar-refractivity contribution in [2.75, 3.05) is 40.3 Å². The molecule has 1 fully saturated rings. The molecule has 1 rings (SSSR count). The van der Waals surface area contributed by atoms with Crippen LogP contribution in [0.1, 0.15) is 13.3 Å². The topological polar surface area (TPSA) is 32.8 Å². The van der Waals surface area contributed by atoms with Gasteiger partial charge in [0.15, 0.2) is 0 Å². The number of nitrogens with zero attached hydrogens (tertiary/aromatic N) is 2. The van der Waals surface area contributed by atoms with Crippen molar-refractivity contribution in [3.05, 3.63) is 0 Å². The number of hydrogen-bond acceptors (Lipinski definition) is 3. The first-order valence-electron chi connectivity index (χ1n) is 5.20. The number of hydrogen-bond donors (Lipinski definition) is 0. The number of carbonyl (C=O) groups is 1. The Kier molecular flexibility index (Phi) is 4.35. The summed E-state index contributed by atoms with van der Waals surface area (Å²) in [4.78, 5) is 15.5. The van der Waals surface area contributed by atoms with Crippen LogP contribution < -0.4 is 0 Å². The van der Waals surface area contributed by atoms with Crippen molar-refractivity contribution in [1.29, 1.82) is 0 Å². The zero-order valence-corrected chi connectivity index (χ0v) is 9.32. The van der Waals surface area contributed by atoms with Crippen molar-refractivity contribution in [2.24, 2.45) is 0 Å². The van der Waals surface area contributed by atoms with E-state index in [1.165, 1.54) is 0 Å². The molecule has 1 saturated heterocycles. The molecule has 4 nitrogen and oxygen atoms in total. The molecule has 14 heavy (non-hydrogen) atoms. The van der Waals surface area contributed by atoms with Gasteiger partial charge in [-0.2, -0.15) is 0 Å². The van der Waals surface area contributed by atoms with Gasteiger partial charge in [-0.1, -0.05) is 6.92 Å². The van der Waals surface area contributed by atoms with Crippen molar-refractivity contribution in [2.45, 2.75) is 19.4 Å². The van der Waals surface area contributed by atoms with E-state index in [0.717, 1.165) is 26.1 Å². The van der Waals surface area contributed by atoms with E-state index in [-0.39, 0.29) is 12.0 Å². The quantitative estimate of drug-likeness (QED) is 0.652. The van der Waals surface area contributed by atoms with Gasteiger partial charge in [-0.15, -0.1) is 0 Å². The lowest BCUT2D eigenvalue weighted by atomic mass is 10.2. The monoisotopic (exact) mass is 200 g/mol. The minimum atomic E-state index is -0.259. The summed E-state index contributed by atoms with van der Waals surface area (Å²) in [5.74, 6) is 0.0748. The summed E-state index contributed by atoms with van der Waals surface area (Å²) in [6.07, 6.45) is 0.869. The molecular formula is C10H20N2O2. The Balaban J connectivity index is 2.43. The highest BCUT2D eigenvalue weighted by molar-refractivity contribution is 5.80. The molecule has 0 spiro atoms. The molecule has 0 N–H and O–H groups in total. The van der Waals surface area contributed by atoms with Crippen molar-refractivity contribution in [3.8, 4) is 0 Å². The van der Waals surface area contributed by atoms with E-state index in [0.29, 0.717) is 6.61 Å². The number of likely N-dealkylation sites (N-methyl/N-ethyl adjacent to an activating group) is 1. The Morgan fingerprint density at radius 1 is 1.57 bits per heavy atom. The van der Waals surface area contributed by atoms with Crippen LogP contribution in [0.15, 0.2) is 0 Å². The van der Waals surface area contributed by atoms with Crippen molar-refractivity contribution in [1.82, 2.24) is 9.80 Å². The SMILES string of the molecule is CCCN1CCOC(C(=O)N(C)C)C1. The Bertz CT molecular complexity index is 193. The van der Waals surface area contributed by atoms with Gasteiger partial charge in [-0.05, 0) is 13.0 Å². The van der Waals surface area contributed by atoms with E-state index in [4.69, 9.17) is 4.74 Å². The predicted octanol–water partition coefficient (Wildman–Crippen LogP) is 0.185. The Hall–Kier alpha value is -0.610. The summed E-state index contributed by atoms with van der Waals surface area (Å²) in [7, 11) is 3.54. The van der Waals surface area contributed by atoms with E-state index in [9.17, 15) is 4.79 Å². The summed E-state index contributed by atoms with van der Waals surface area (Å²) >= 11 is 0. The molecule has 0 saturated carbocycles. The third-order valence-electron chi connectivity index (χ3n) is 2.41. The molecule has 1 aliphatic heterocycles. The standard InChI is InChI=1S/C10H20N2O2/c1-4-5-12-6-7-14-9(8-12)10(13)11(2)3/h9H,4-8H2,1-3H3. The van der Waals surface area contributed by atoms with Crippen LogP contribution in [0.5, 0.6) is 0 Å². The third-order valence-corrected chi connectivity index (χ3v) is 2.41. The van der Waals surface area contributed by atoms with E-state index >= 15 is 0 Å². The number of rotatable bonds is 3. The molecular weight excluding hydrogens is 180 g/mol. The summed E-state index contributed by atoms with van der Waals surface area (Å²) in [5.41, 5.74) is 0. The smallest absolute Gasteiger partial charge is 0.252 e. The summed E-state index contributed by atoms with van der Waals surface area (Å²) in [6, 6.07) is 0. The first-order valence-corrected chi connectivity index (χ1v) is 5.20. The molecule has 1 unspecified atom stereocenters. The zero-order valence-electron chi connectivity index (χ0n) is 9.32. The maximum absolute atomic E-state index is 11.6. The Morgan fingerprint density at radius 2 is 2.29 bits per heavy atom. The van der Waals surface area contributed by atoms with Crippen LogP contribution in [0.3, 0.4) is 0 Å². The molecule has 0 aromatic carbocycles. The number of ether oxygens (including phenoxy) is 1. The molecule has 0 aromatic heterocycles. The fraction of sp³-hybridized carbons (Fsp3) is 0.900. The van der Waals surface area contributed by atoms with Gasteiger partial charge in [0.2, 0.25) is 0 Å². The van der Waals surface area contributed by atoms with Gasteiger partial charge >= 0.3 is 0 Å². The fourth-order valence-corrected chi connectivity index (χ4v) is 1.66.